The molecule has 20 heavy (non-hydrogen) atoms. The minimum atomic E-state index is -1.28. The van der Waals surface area contributed by atoms with Gasteiger partial charge in [0.05, 0.1) is 5.69 Å². The molecule has 0 bridgehead atoms. The van der Waals surface area contributed by atoms with Gasteiger partial charge in [0.15, 0.2) is 5.65 Å². The molecule has 0 atom stereocenters. The first-order valence-electron chi connectivity index (χ1n) is 5.98. The van der Waals surface area contributed by atoms with E-state index >= 15 is 0 Å². The van der Waals surface area contributed by atoms with Gasteiger partial charge in [-0.1, -0.05) is 18.2 Å². The Morgan fingerprint density at radius 3 is 2.60 bits per heavy atom. The lowest BCUT2D eigenvalue weighted by atomic mass is 10.3. The van der Waals surface area contributed by atoms with Gasteiger partial charge >= 0.3 is 5.97 Å². The van der Waals surface area contributed by atoms with Crippen LogP contribution in [0.5, 0.6) is 0 Å². The third-order valence-corrected chi connectivity index (χ3v) is 3.07. The minimum absolute atomic E-state index is 0.349. The standard InChI is InChI=1S/C14H11N3O3/c1-9-8-16(10-5-3-2-4-6-10)17-12(9)15-7-11(13(17)18)14(19)20/h2-8H,1H3,(H,19,20). The van der Waals surface area contributed by atoms with Gasteiger partial charge in [-0.05, 0) is 19.1 Å². The van der Waals surface area contributed by atoms with Crippen LogP contribution in [0.15, 0.2) is 47.5 Å². The zero-order valence-corrected chi connectivity index (χ0v) is 10.6. The lowest BCUT2D eigenvalue weighted by Gasteiger charge is -2.06. The molecule has 0 aliphatic carbocycles. The molecule has 0 radical (unpaired) electrons. The molecule has 6 heteroatoms. The van der Waals surface area contributed by atoms with Crippen molar-refractivity contribution < 1.29 is 9.90 Å². The average molecular weight is 269 g/mol. The fourth-order valence-electron chi connectivity index (χ4n) is 2.13. The van der Waals surface area contributed by atoms with Crippen molar-refractivity contribution in [3.8, 4) is 5.69 Å². The number of carbonyl (C=O) groups is 1. The van der Waals surface area contributed by atoms with E-state index in [0.29, 0.717) is 5.65 Å². The lowest BCUT2D eigenvalue weighted by molar-refractivity contribution is 0.0694. The highest BCUT2D eigenvalue weighted by molar-refractivity contribution is 5.87. The number of fused-ring (bicyclic) bond motifs is 1. The van der Waals surface area contributed by atoms with Crippen LogP contribution in [0.3, 0.4) is 0 Å². The van der Waals surface area contributed by atoms with Crippen molar-refractivity contribution in [1.29, 1.82) is 0 Å². The van der Waals surface area contributed by atoms with Gasteiger partial charge in [0.1, 0.15) is 5.56 Å². The molecule has 6 nitrogen and oxygen atoms in total. The lowest BCUT2D eigenvalue weighted by Crippen LogP contribution is -2.26. The van der Waals surface area contributed by atoms with Crippen molar-refractivity contribution >= 4 is 11.6 Å². The van der Waals surface area contributed by atoms with Gasteiger partial charge in [-0.15, -0.1) is 0 Å². The Bertz CT molecular complexity index is 862. The molecule has 0 saturated carbocycles. The van der Waals surface area contributed by atoms with Crippen molar-refractivity contribution in [3.63, 3.8) is 0 Å². The molecule has 100 valence electrons. The van der Waals surface area contributed by atoms with E-state index in [2.05, 4.69) is 4.98 Å². The van der Waals surface area contributed by atoms with Gasteiger partial charge in [0.25, 0.3) is 5.56 Å². The molecule has 0 saturated heterocycles. The summed E-state index contributed by atoms with van der Waals surface area (Å²) in [5.41, 5.74) is 1.06. The number of rotatable bonds is 2. The van der Waals surface area contributed by atoms with Gasteiger partial charge in [-0.25, -0.2) is 9.78 Å². The van der Waals surface area contributed by atoms with Crippen molar-refractivity contribution in [2.24, 2.45) is 0 Å². The van der Waals surface area contributed by atoms with Gasteiger partial charge in [-0.3, -0.25) is 9.48 Å². The van der Waals surface area contributed by atoms with Crippen LogP contribution in [0.25, 0.3) is 11.3 Å². The Balaban J connectivity index is 2.42. The van der Waals surface area contributed by atoms with Crippen LogP contribution in [0.4, 0.5) is 0 Å². The predicted octanol–water partition coefficient (Wildman–Crippen LogP) is 1.49. The molecule has 3 rings (SSSR count). The number of aromatic carboxylic acids is 1. The molecule has 0 fully saturated rings. The number of hydrogen-bond donors (Lipinski definition) is 1. The second-order valence-corrected chi connectivity index (χ2v) is 4.41. The van der Waals surface area contributed by atoms with Crippen molar-refractivity contribution in [1.82, 2.24) is 14.2 Å². The zero-order valence-electron chi connectivity index (χ0n) is 10.6. The van der Waals surface area contributed by atoms with Gasteiger partial charge in [-0.2, -0.15) is 4.52 Å². The van der Waals surface area contributed by atoms with E-state index in [1.165, 1.54) is 4.52 Å². The maximum absolute atomic E-state index is 12.3. The van der Waals surface area contributed by atoms with E-state index in [9.17, 15) is 9.59 Å². The summed E-state index contributed by atoms with van der Waals surface area (Å²) in [5, 5.41) is 9.03. The maximum Gasteiger partial charge on any atom is 0.343 e. The third-order valence-electron chi connectivity index (χ3n) is 3.07. The summed E-state index contributed by atoms with van der Waals surface area (Å²) in [6.07, 6.45) is 2.85. The Kier molecular flexibility index (Phi) is 2.64. The molecular weight excluding hydrogens is 258 g/mol. The highest BCUT2D eigenvalue weighted by atomic mass is 16.4. The molecular formula is C14H11N3O3. The predicted molar refractivity (Wildman–Crippen MR) is 72.5 cm³/mol. The average Bonchev–Trinajstić information content (AvgIpc) is 2.78. The smallest absolute Gasteiger partial charge is 0.343 e. The van der Waals surface area contributed by atoms with Crippen LogP contribution >= 0.6 is 0 Å². The Labute approximate surface area is 113 Å². The topological polar surface area (TPSA) is 76.6 Å². The Morgan fingerprint density at radius 1 is 1.25 bits per heavy atom. The summed E-state index contributed by atoms with van der Waals surface area (Å²) in [5.74, 6) is -1.28. The van der Waals surface area contributed by atoms with E-state index in [0.717, 1.165) is 17.4 Å². The summed E-state index contributed by atoms with van der Waals surface area (Å²) in [7, 11) is 0. The summed E-state index contributed by atoms with van der Waals surface area (Å²) < 4.78 is 2.88. The fraction of sp³-hybridized carbons (Fsp3) is 0.0714. The minimum Gasteiger partial charge on any atom is -0.477 e. The van der Waals surface area contributed by atoms with Gasteiger partial charge in [0.2, 0.25) is 0 Å². The molecule has 0 aliphatic rings. The van der Waals surface area contributed by atoms with Crippen LogP contribution in [-0.2, 0) is 0 Å². The van der Waals surface area contributed by atoms with Crippen molar-refractivity contribution in [3.05, 3.63) is 64.2 Å². The first-order chi connectivity index (χ1) is 9.59. The molecule has 0 unspecified atom stereocenters. The van der Waals surface area contributed by atoms with E-state index in [4.69, 9.17) is 5.11 Å². The van der Waals surface area contributed by atoms with Crippen LogP contribution in [0.1, 0.15) is 15.9 Å². The van der Waals surface area contributed by atoms with Gasteiger partial charge < -0.3 is 5.11 Å². The summed E-state index contributed by atoms with van der Waals surface area (Å²) in [4.78, 5) is 27.4. The number of para-hydroxylation sites is 1. The van der Waals surface area contributed by atoms with E-state index in [1.54, 1.807) is 10.9 Å². The maximum atomic E-state index is 12.3. The third kappa shape index (κ3) is 1.70. The SMILES string of the molecule is Cc1cn(-c2ccccc2)n2c(=O)c(C(=O)O)cnc12. The number of carboxylic acid groups (broad SMARTS) is 1. The summed E-state index contributed by atoms with van der Waals surface area (Å²) in [6, 6.07) is 9.22. The van der Waals surface area contributed by atoms with Crippen LogP contribution in [0.2, 0.25) is 0 Å². The van der Waals surface area contributed by atoms with E-state index in [-0.39, 0.29) is 5.56 Å². The van der Waals surface area contributed by atoms with Crippen LogP contribution < -0.4 is 5.56 Å². The van der Waals surface area contributed by atoms with Gasteiger partial charge in [0, 0.05) is 18.0 Å². The van der Waals surface area contributed by atoms with E-state index < -0.39 is 11.5 Å². The van der Waals surface area contributed by atoms with E-state index in [1.807, 2.05) is 37.3 Å². The molecule has 2 aromatic heterocycles. The summed E-state index contributed by atoms with van der Waals surface area (Å²) in [6.45, 7) is 1.82. The van der Waals surface area contributed by atoms with Crippen molar-refractivity contribution in [2.75, 3.05) is 0 Å². The van der Waals surface area contributed by atoms with Crippen LogP contribution in [0, 0.1) is 6.92 Å². The molecule has 2 heterocycles. The molecule has 0 spiro atoms. The molecule has 1 N–H and O–H groups in total. The van der Waals surface area contributed by atoms with Crippen LogP contribution in [-0.4, -0.2) is 25.3 Å². The Hall–Kier alpha value is -2.89. The Morgan fingerprint density at radius 2 is 1.95 bits per heavy atom. The first-order valence-corrected chi connectivity index (χ1v) is 5.98. The molecule has 1 aromatic carbocycles. The first kappa shape index (κ1) is 12.2. The number of aromatic nitrogens is 3. The highest BCUT2D eigenvalue weighted by Crippen LogP contribution is 2.13. The highest BCUT2D eigenvalue weighted by Gasteiger charge is 2.16. The summed E-state index contributed by atoms with van der Waals surface area (Å²) >= 11 is 0. The molecule has 3 aromatic rings. The molecule has 0 aliphatic heterocycles. The second-order valence-electron chi connectivity index (χ2n) is 4.41. The molecule has 0 amide bonds. The number of aryl methyl sites for hydroxylation is 1. The van der Waals surface area contributed by atoms with Crippen molar-refractivity contribution in [2.45, 2.75) is 6.92 Å². The number of nitrogens with zero attached hydrogens (tertiary/aromatic N) is 3. The monoisotopic (exact) mass is 269 g/mol. The normalized spacial score (nSPS) is 10.8. The number of carboxylic acids is 1. The number of benzene rings is 1. The zero-order chi connectivity index (χ0) is 14.3. The number of hydrogen-bond acceptors (Lipinski definition) is 3. The largest absolute Gasteiger partial charge is 0.477 e. The second kappa shape index (κ2) is 4.34. The fourth-order valence-corrected chi connectivity index (χ4v) is 2.13. The quantitative estimate of drug-likeness (QED) is 0.764.